The van der Waals surface area contributed by atoms with Crippen molar-refractivity contribution in [1.82, 2.24) is 4.90 Å². The van der Waals surface area contributed by atoms with Crippen molar-refractivity contribution in [3.63, 3.8) is 0 Å². The first-order valence-electron chi connectivity index (χ1n) is 4.79. The zero-order valence-corrected chi connectivity index (χ0v) is 7.66. The minimum absolute atomic E-state index is 0.482. The minimum Gasteiger partial charge on any atom is -0.388 e. The number of amidine groups is 1. The molecule has 1 unspecified atom stereocenters. The van der Waals surface area contributed by atoms with Crippen molar-refractivity contribution in [2.75, 3.05) is 13.1 Å². The van der Waals surface area contributed by atoms with Crippen molar-refractivity contribution in [2.24, 2.45) is 10.7 Å². The van der Waals surface area contributed by atoms with Crippen LogP contribution < -0.4 is 5.73 Å². The molecule has 1 saturated carbocycles. The lowest BCUT2D eigenvalue weighted by Crippen LogP contribution is -2.24. The van der Waals surface area contributed by atoms with Crippen LogP contribution in [0.3, 0.4) is 0 Å². The second-order valence-electron chi connectivity index (χ2n) is 3.94. The summed E-state index contributed by atoms with van der Waals surface area (Å²) >= 11 is 0. The van der Waals surface area contributed by atoms with E-state index in [4.69, 9.17) is 5.73 Å². The average molecular weight is 167 g/mol. The first kappa shape index (κ1) is 8.05. The number of likely N-dealkylation sites (tertiary alicyclic amines) is 1. The molecule has 2 aliphatic rings. The lowest BCUT2D eigenvalue weighted by Gasteiger charge is -2.12. The molecular formula is C9H17N3. The molecule has 0 aromatic carbocycles. The highest BCUT2D eigenvalue weighted by Gasteiger charge is 2.34. The Morgan fingerprint density at radius 1 is 1.42 bits per heavy atom. The van der Waals surface area contributed by atoms with Crippen LogP contribution in [0.2, 0.25) is 0 Å². The van der Waals surface area contributed by atoms with Gasteiger partial charge in [0, 0.05) is 19.1 Å². The molecule has 1 heterocycles. The Morgan fingerprint density at radius 2 is 2.17 bits per heavy atom. The number of nitrogens with zero attached hydrogens (tertiary/aromatic N) is 2. The second kappa shape index (κ2) is 3.05. The summed E-state index contributed by atoms with van der Waals surface area (Å²) in [7, 11) is 0. The molecule has 0 aromatic heterocycles. The Labute approximate surface area is 73.6 Å². The van der Waals surface area contributed by atoms with Crippen LogP contribution in [0.25, 0.3) is 0 Å². The predicted octanol–water partition coefficient (Wildman–Crippen LogP) is 0.600. The quantitative estimate of drug-likeness (QED) is 0.483. The second-order valence-corrected chi connectivity index (χ2v) is 3.94. The Kier molecular flexibility index (Phi) is 2.05. The normalized spacial score (nSPS) is 32.8. The molecule has 3 nitrogen and oxygen atoms in total. The van der Waals surface area contributed by atoms with Gasteiger partial charge in [-0.25, -0.2) is 0 Å². The lowest BCUT2D eigenvalue weighted by molar-refractivity contribution is 0.324. The molecule has 0 spiro atoms. The van der Waals surface area contributed by atoms with E-state index >= 15 is 0 Å². The van der Waals surface area contributed by atoms with E-state index in [1.807, 2.05) is 6.92 Å². The van der Waals surface area contributed by atoms with Crippen LogP contribution in [-0.4, -0.2) is 35.9 Å². The van der Waals surface area contributed by atoms with E-state index < -0.39 is 0 Å². The van der Waals surface area contributed by atoms with E-state index in [0.29, 0.717) is 6.04 Å². The zero-order valence-electron chi connectivity index (χ0n) is 7.66. The molecule has 0 amide bonds. The molecule has 1 atom stereocenters. The van der Waals surface area contributed by atoms with Crippen molar-refractivity contribution in [2.45, 2.75) is 38.3 Å². The molecule has 2 rings (SSSR count). The van der Waals surface area contributed by atoms with Gasteiger partial charge in [0.05, 0.1) is 11.9 Å². The monoisotopic (exact) mass is 167 g/mol. The summed E-state index contributed by atoms with van der Waals surface area (Å²) in [6.07, 6.45) is 4.00. The molecular weight excluding hydrogens is 150 g/mol. The SMILES string of the molecule is CC(N)=NC1CCN(C2CC2)C1. The molecule has 3 heteroatoms. The summed E-state index contributed by atoms with van der Waals surface area (Å²) in [6, 6.07) is 1.37. The van der Waals surface area contributed by atoms with Crippen molar-refractivity contribution in [3.05, 3.63) is 0 Å². The summed E-state index contributed by atoms with van der Waals surface area (Å²) in [5.41, 5.74) is 5.54. The van der Waals surface area contributed by atoms with Gasteiger partial charge in [0.2, 0.25) is 0 Å². The van der Waals surface area contributed by atoms with Gasteiger partial charge in [0.1, 0.15) is 0 Å². The Morgan fingerprint density at radius 3 is 2.75 bits per heavy atom. The van der Waals surface area contributed by atoms with Gasteiger partial charge in [-0.05, 0) is 26.2 Å². The van der Waals surface area contributed by atoms with E-state index in [0.717, 1.165) is 18.4 Å². The highest BCUT2D eigenvalue weighted by Crippen LogP contribution is 2.30. The summed E-state index contributed by atoms with van der Waals surface area (Å²) in [4.78, 5) is 6.94. The van der Waals surface area contributed by atoms with Crippen LogP contribution >= 0.6 is 0 Å². The maximum atomic E-state index is 5.54. The van der Waals surface area contributed by atoms with Gasteiger partial charge in [0.25, 0.3) is 0 Å². The van der Waals surface area contributed by atoms with E-state index in [2.05, 4.69) is 9.89 Å². The summed E-state index contributed by atoms with van der Waals surface area (Å²) in [5.74, 6) is 0.734. The fraction of sp³-hybridized carbons (Fsp3) is 0.889. The van der Waals surface area contributed by atoms with Gasteiger partial charge in [-0.15, -0.1) is 0 Å². The van der Waals surface area contributed by atoms with E-state index in [1.54, 1.807) is 0 Å². The molecule has 2 fully saturated rings. The third kappa shape index (κ3) is 1.78. The molecule has 0 bridgehead atoms. The Hall–Kier alpha value is -0.570. The maximum absolute atomic E-state index is 5.54. The van der Waals surface area contributed by atoms with Gasteiger partial charge in [0.15, 0.2) is 0 Å². The first-order valence-corrected chi connectivity index (χ1v) is 4.79. The number of hydrogen-bond acceptors (Lipinski definition) is 2. The van der Waals surface area contributed by atoms with Crippen LogP contribution in [0, 0.1) is 0 Å². The molecule has 12 heavy (non-hydrogen) atoms. The third-order valence-corrected chi connectivity index (χ3v) is 2.64. The van der Waals surface area contributed by atoms with Crippen LogP contribution in [0.1, 0.15) is 26.2 Å². The Balaban J connectivity index is 1.84. The minimum atomic E-state index is 0.482. The van der Waals surface area contributed by atoms with Crippen molar-refractivity contribution < 1.29 is 0 Å². The molecule has 0 radical (unpaired) electrons. The smallest absolute Gasteiger partial charge is 0.0909 e. The molecule has 1 aliphatic carbocycles. The first-order chi connectivity index (χ1) is 5.75. The largest absolute Gasteiger partial charge is 0.388 e. The average Bonchev–Trinajstić information content (AvgIpc) is 2.73. The predicted molar refractivity (Wildman–Crippen MR) is 50.3 cm³/mol. The number of nitrogens with two attached hydrogens (primary N) is 1. The van der Waals surface area contributed by atoms with Gasteiger partial charge < -0.3 is 5.73 Å². The third-order valence-electron chi connectivity index (χ3n) is 2.64. The van der Waals surface area contributed by atoms with E-state index in [-0.39, 0.29) is 0 Å². The van der Waals surface area contributed by atoms with Crippen LogP contribution in [-0.2, 0) is 0 Å². The lowest BCUT2D eigenvalue weighted by atomic mass is 10.3. The Bertz CT molecular complexity index is 192. The topological polar surface area (TPSA) is 41.6 Å². The van der Waals surface area contributed by atoms with Crippen LogP contribution in [0.5, 0.6) is 0 Å². The highest BCUT2D eigenvalue weighted by atomic mass is 15.2. The fourth-order valence-electron chi connectivity index (χ4n) is 1.93. The number of rotatable bonds is 2. The molecule has 1 aliphatic heterocycles. The number of hydrogen-bond donors (Lipinski definition) is 1. The standard InChI is InChI=1S/C9H17N3/c1-7(10)11-8-4-5-12(6-8)9-2-3-9/h8-9H,2-6H2,1H3,(H2,10,11). The van der Waals surface area contributed by atoms with Crippen molar-refractivity contribution in [3.8, 4) is 0 Å². The van der Waals surface area contributed by atoms with Crippen LogP contribution in [0.4, 0.5) is 0 Å². The summed E-state index contributed by atoms with van der Waals surface area (Å²) in [6.45, 7) is 4.24. The zero-order chi connectivity index (χ0) is 8.55. The highest BCUT2D eigenvalue weighted by molar-refractivity contribution is 5.77. The van der Waals surface area contributed by atoms with Crippen LogP contribution in [0.15, 0.2) is 4.99 Å². The molecule has 2 N–H and O–H groups in total. The summed E-state index contributed by atoms with van der Waals surface area (Å²) < 4.78 is 0. The number of aliphatic imine (C=N–C) groups is 1. The van der Waals surface area contributed by atoms with Crippen molar-refractivity contribution in [1.29, 1.82) is 0 Å². The molecule has 0 aromatic rings. The summed E-state index contributed by atoms with van der Waals surface area (Å²) in [5, 5.41) is 0. The molecule has 1 saturated heterocycles. The van der Waals surface area contributed by atoms with Gasteiger partial charge in [-0.2, -0.15) is 0 Å². The van der Waals surface area contributed by atoms with Gasteiger partial charge >= 0.3 is 0 Å². The van der Waals surface area contributed by atoms with Gasteiger partial charge in [-0.3, -0.25) is 9.89 Å². The molecule has 68 valence electrons. The fourth-order valence-corrected chi connectivity index (χ4v) is 1.93. The van der Waals surface area contributed by atoms with Crippen molar-refractivity contribution >= 4 is 5.84 Å². The van der Waals surface area contributed by atoms with E-state index in [9.17, 15) is 0 Å². The van der Waals surface area contributed by atoms with Gasteiger partial charge in [-0.1, -0.05) is 0 Å². The van der Waals surface area contributed by atoms with E-state index in [1.165, 1.54) is 25.8 Å². The maximum Gasteiger partial charge on any atom is 0.0909 e.